The molecule has 0 bridgehead atoms. The molecular formula is C8H15NO4. The highest BCUT2D eigenvalue weighted by Crippen LogP contribution is 2.07. The van der Waals surface area contributed by atoms with Crippen LogP contribution in [0.5, 0.6) is 0 Å². The van der Waals surface area contributed by atoms with Crippen molar-refractivity contribution in [2.75, 3.05) is 6.61 Å². The lowest BCUT2D eigenvalue weighted by Crippen LogP contribution is -2.45. The minimum atomic E-state index is -0.957. The van der Waals surface area contributed by atoms with Crippen LogP contribution in [0.25, 0.3) is 0 Å². The standard InChI is InChI=1S/C8H15NO4/c1-4-13-7(12)9-8(2,3)5-6(10)11/h4-5H2,1-3H3,(H,9,12)(H,10,11). The lowest BCUT2D eigenvalue weighted by Gasteiger charge is -2.23. The van der Waals surface area contributed by atoms with E-state index in [1.54, 1.807) is 20.8 Å². The van der Waals surface area contributed by atoms with Crippen LogP contribution in [0.15, 0.2) is 0 Å². The molecule has 0 aliphatic rings. The van der Waals surface area contributed by atoms with Crippen molar-refractivity contribution in [1.82, 2.24) is 5.32 Å². The molecule has 0 aliphatic carbocycles. The molecule has 76 valence electrons. The zero-order valence-corrected chi connectivity index (χ0v) is 8.09. The number of amides is 1. The summed E-state index contributed by atoms with van der Waals surface area (Å²) >= 11 is 0. The fourth-order valence-corrected chi connectivity index (χ4v) is 0.866. The topological polar surface area (TPSA) is 75.6 Å². The summed E-state index contributed by atoms with van der Waals surface area (Å²) in [7, 11) is 0. The molecule has 0 heterocycles. The fraction of sp³-hybridized carbons (Fsp3) is 0.750. The Morgan fingerprint density at radius 2 is 2.00 bits per heavy atom. The highest BCUT2D eigenvalue weighted by Gasteiger charge is 2.24. The van der Waals surface area contributed by atoms with Crippen LogP contribution in [0.4, 0.5) is 4.79 Å². The number of nitrogens with one attached hydrogen (secondary N) is 1. The minimum Gasteiger partial charge on any atom is -0.481 e. The van der Waals surface area contributed by atoms with Crippen molar-refractivity contribution in [3.63, 3.8) is 0 Å². The smallest absolute Gasteiger partial charge is 0.407 e. The van der Waals surface area contributed by atoms with E-state index in [9.17, 15) is 9.59 Å². The second-order valence-corrected chi connectivity index (χ2v) is 3.30. The maximum absolute atomic E-state index is 10.9. The summed E-state index contributed by atoms with van der Waals surface area (Å²) in [6.07, 6.45) is -0.722. The van der Waals surface area contributed by atoms with Crippen LogP contribution in [0.2, 0.25) is 0 Å². The van der Waals surface area contributed by atoms with E-state index in [0.717, 1.165) is 0 Å². The third-order valence-corrected chi connectivity index (χ3v) is 1.31. The quantitative estimate of drug-likeness (QED) is 0.691. The van der Waals surface area contributed by atoms with E-state index in [0.29, 0.717) is 0 Å². The molecular weight excluding hydrogens is 174 g/mol. The zero-order valence-electron chi connectivity index (χ0n) is 8.09. The second kappa shape index (κ2) is 4.69. The third-order valence-electron chi connectivity index (χ3n) is 1.31. The Labute approximate surface area is 77.1 Å². The Morgan fingerprint density at radius 3 is 2.38 bits per heavy atom. The van der Waals surface area contributed by atoms with E-state index in [1.165, 1.54) is 0 Å². The van der Waals surface area contributed by atoms with Crippen LogP contribution < -0.4 is 5.32 Å². The minimum absolute atomic E-state index is 0.133. The highest BCUT2D eigenvalue weighted by molar-refractivity contribution is 5.72. The number of carbonyl (C=O) groups excluding carboxylic acids is 1. The molecule has 0 aromatic heterocycles. The molecule has 2 N–H and O–H groups in total. The Morgan fingerprint density at radius 1 is 1.46 bits per heavy atom. The van der Waals surface area contributed by atoms with Gasteiger partial charge in [-0.25, -0.2) is 4.79 Å². The maximum atomic E-state index is 10.9. The van der Waals surface area contributed by atoms with Crippen LogP contribution in [-0.4, -0.2) is 29.3 Å². The molecule has 0 saturated heterocycles. The Hall–Kier alpha value is -1.26. The van der Waals surface area contributed by atoms with Gasteiger partial charge in [0.2, 0.25) is 0 Å². The van der Waals surface area contributed by atoms with Crippen molar-refractivity contribution in [2.24, 2.45) is 0 Å². The van der Waals surface area contributed by atoms with Gasteiger partial charge in [0.05, 0.1) is 13.0 Å². The van der Waals surface area contributed by atoms with Gasteiger partial charge < -0.3 is 15.2 Å². The number of carboxylic acids is 1. The summed E-state index contributed by atoms with van der Waals surface area (Å²) in [6.45, 7) is 5.20. The van der Waals surface area contributed by atoms with Crippen LogP contribution >= 0.6 is 0 Å². The molecule has 1 amide bonds. The summed E-state index contributed by atoms with van der Waals surface area (Å²) in [4.78, 5) is 21.3. The number of alkyl carbamates (subject to hydrolysis) is 1. The monoisotopic (exact) mass is 189 g/mol. The van der Waals surface area contributed by atoms with Crippen molar-refractivity contribution in [3.8, 4) is 0 Å². The predicted molar refractivity (Wildman–Crippen MR) is 46.5 cm³/mol. The Kier molecular flexibility index (Phi) is 4.23. The average Bonchev–Trinajstić information content (AvgIpc) is 1.81. The molecule has 0 atom stereocenters. The van der Waals surface area contributed by atoms with E-state index in [1.807, 2.05) is 0 Å². The van der Waals surface area contributed by atoms with Gasteiger partial charge in [-0.15, -0.1) is 0 Å². The number of carboxylic acid groups (broad SMARTS) is 1. The molecule has 0 radical (unpaired) electrons. The van der Waals surface area contributed by atoms with Gasteiger partial charge in [0.15, 0.2) is 0 Å². The van der Waals surface area contributed by atoms with E-state index < -0.39 is 17.6 Å². The molecule has 0 aliphatic heterocycles. The first-order valence-corrected chi connectivity index (χ1v) is 4.04. The van der Waals surface area contributed by atoms with Gasteiger partial charge in [0.25, 0.3) is 0 Å². The Bertz CT molecular complexity index is 200. The van der Waals surface area contributed by atoms with Gasteiger partial charge in [-0.05, 0) is 20.8 Å². The number of rotatable bonds is 4. The second-order valence-electron chi connectivity index (χ2n) is 3.30. The Balaban J connectivity index is 4.00. The number of hydrogen-bond acceptors (Lipinski definition) is 3. The first kappa shape index (κ1) is 11.7. The van der Waals surface area contributed by atoms with Gasteiger partial charge in [0, 0.05) is 5.54 Å². The predicted octanol–water partition coefficient (Wildman–Crippen LogP) is 0.986. The zero-order chi connectivity index (χ0) is 10.5. The van der Waals surface area contributed by atoms with Crippen molar-refractivity contribution in [2.45, 2.75) is 32.7 Å². The normalized spacial score (nSPS) is 10.7. The molecule has 0 aromatic rings. The van der Waals surface area contributed by atoms with Crippen LogP contribution in [0.1, 0.15) is 27.2 Å². The summed E-state index contributed by atoms with van der Waals surface area (Å²) in [5, 5.41) is 10.9. The fourth-order valence-electron chi connectivity index (χ4n) is 0.866. The number of aliphatic carboxylic acids is 1. The third kappa shape index (κ3) is 5.95. The molecule has 0 spiro atoms. The SMILES string of the molecule is CCOC(=O)NC(C)(C)CC(=O)O. The number of ether oxygens (including phenoxy) is 1. The van der Waals surface area contributed by atoms with E-state index in [4.69, 9.17) is 5.11 Å². The van der Waals surface area contributed by atoms with Gasteiger partial charge in [-0.3, -0.25) is 4.79 Å². The molecule has 0 fully saturated rings. The van der Waals surface area contributed by atoms with E-state index in [2.05, 4.69) is 10.1 Å². The van der Waals surface area contributed by atoms with Crippen molar-refractivity contribution in [3.05, 3.63) is 0 Å². The highest BCUT2D eigenvalue weighted by atomic mass is 16.5. The maximum Gasteiger partial charge on any atom is 0.407 e. The summed E-state index contributed by atoms with van der Waals surface area (Å²) < 4.78 is 4.62. The van der Waals surface area contributed by atoms with Crippen molar-refractivity contribution >= 4 is 12.1 Å². The van der Waals surface area contributed by atoms with Crippen molar-refractivity contribution in [1.29, 1.82) is 0 Å². The number of hydrogen-bond donors (Lipinski definition) is 2. The molecule has 5 heteroatoms. The van der Waals surface area contributed by atoms with Crippen LogP contribution in [-0.2, 0) is 9.53 Å². The lowest BCUT2D eigenvalue weighted by molar-refractivity contribution is -0.138. The van der Waals surface area contributed by atoms with Gasteiger partial charge in [-0.1, -0.05) is 0 Å². The first-order chi connectivity index (χ1) is 5.87. The van der Waals surface area contributed by atoms with E-state index in [-0.39, 0.29) is 13.0 Å². The van der Waals surface area contributed by atoms with Gasteiger partial charge in [-0.2, -0.15) is 0 Å². The summed E-state index contributed by atoms with van der Waals surface area (Å²) in [5.41, 5.74) is -0.780. The van der Waals surface area contributed by atoms with Crippen LogP contribution in [0, 0.1) is 0 Å². The van der Waals surface area contributed by atoms with Crippen LogP contribution in [0.3, 0.4) is 0 Å². The summed E-state index contributed by atoms with van der Waals surface area (Å²) in [5.74, 6) is -0.957. The van der Waals surface area contributed by atoms with Gasteiger partial charge in [0.1, 0.15) is 0 Å². The molecule has 5 nitrogen and oxygen atoms in total. The van der Waals surface area contributed by atoms with Crippen molar-refractivity contribution < 1.29 is 19.4 Å². The summed E-state index contributed by atoms with van der Waals surface area (Å²) in [6, 6.07) is 0. The molecule has 0 unspecified atom stereocenters. The van der Waals surface area contributed by atoms with E-state index >= 15 is 0 Å². The molecule has 13 heavy (non-hydrogen) atoms. The average molecular weight is 189 g/mol. The van der Waals surface area contributed by atoms with Gasteiger partial charge >= 0.3 is 12.1 Å². The lowest BCUT2D eigenvalue weighted by atomic mass is 10.0. The first-order valence-electron chi connectivity index (χ1n) is 4.04. The molecule has 0 rings (SSSR count). The number of carbonyl (C=O) groups is 2. The molecule has 0 aromatic carbocycles. The largest absolute Gasteiger partial charge is 0.481 e. The molecule has 0 saturated carbocycles.